The molecule has 0 bridgehead atoms. The fourth-order valence-electron chi connectivity index (χ4n) is 1.53. The molecule has 74 valence electrons. The van der Waals surface area contributed by atoms with Crippen molar-refractivity contribution in [2.24, 2.45) is 0 Å². The molecule has 0 N–H and O–H groups in total. The molecule has 2 aromatic rings. The highest BCUT2D eigenvalue weighted by Gasteiger charge is 2.08. The maximum Gasteiger partial charge on any atom is 0.138 e. The lowest BCUT2D eigenvalue weighted by Crippen LogP contribution is -1.83. The first-order valence-electron chi connectivity index (χ1n) is 4.53. The molecule has 0 spiro atoms. The van der Waals surface area contributed by atoms with Crippen LogP contribution in [0.2, 0.25) is 0 Å². The predicted molar refractivity (Wildman–Crippen MR) is 65.0 cm³/mol. The van der Waals surface area contributed by atoms with Crippen LogP contribution in [0.4, 0.5) is 0 Å². The van der Waals surface area contributed by atoms with E-state index in [2.05, 4.69) is 31.7 Å². The number of benzene rings is 1. The first-order chi connectivity index (χ1) is 6.76. The molecule has 3 heteroatoms. The lowest BCUT2D eigenvalue weighted by Gasteiger charge is -2.02. The Hall–Kier alpha value is -0.670. The second-order valence-corrected chi connectivity index (χ2v) is 4.54. The Labute approximate surface area is 93.1 Å². The van der Waals surface area contributed by atoms with Gasteiger partial charge >= 0.3 is 0 Å². The highest BCUT2D eigenvalue weighted by molar-refractivity contribution is 7.80. The molecule has 0 saturated carbocycles. The third-order valence-corrected chi connectivity index (χ3v) is 3.57. The summed E-state index contributed by atoms with van der Waals surface area (Å²) < 4.78 is 6.54. The van der Waals surface area contributed by atoms with Gasteiger partial charge in [0.05, 0.1) is 7.11 Å². The van der Waals surface area contributed by atoms with Crippen molar-refractivity contribution in [1.82, 2.24) is 0 Å². The van der Waals surface area contributed by atoms with E-state index in [4.69, 9.17) is 4.74 Å². The van der Waals surface area contributed by atoms with Crippen LogP contribution in [0.5, 0.6) is 5.75 Å². The average molecular weight is 224 g/mol. The van der Waals surface area contributed by atoms with Gasteiger partial charge in [-0.3, -0.25) is 0 Å². The molecular formula is C11H12OS2. The van der Waals surface area contributed by atoms with Gasteiger partial charge in [0.25, 0.3) is 0 Å². The zero-order chi connectivity index (χ0) is 10.1. The van der Waals surface area contributed by atoms with E-state index in [9.17, 15) is 0 Å². The highest BCUT2D eigenvalue weighted by Crippen LogP contribution is 2.37. The summed E-state index contributed by atoms with van der Waals surface area (Å²) in [5.41, 5.74) is 1.33. The fourth-order valence-corrected chi connectivity index (χ4v) is 3.00. The molecule has 0 aliphatic heterocycles. The van der Waals surface area contributed by atoms with Crippen molar-refractivity contribution in [3.05, 3.63) is 23.1 Å². The normalized spacial score (nSPS) is 10.8. The number of thiol groups is 1. The van der Waals surface area contributed by atoms with Crippen molar-refractivity contribution in [1.29, 1.82) is 0 Å². The summed E-state index contributed by atoms with van der Waals surface area (Å²) in [5.74, 6) is 0.928. The summed E-state index contributed by atoms with van der Waals surface area (Å²) in [6, 6.07) is 4.32. The number of fused-ring (bicyclic) bond motifs is 1. The van der Waals surface area contributed by atoms with E-state index >= 15 is 0 Å². The van der Waals surface area contributed by atoms with E-state index < -0.39 is 0 Å². The molecule has 1 heterocycles. The van der Waals surface area contributed by atoms with Crippen LogP contribution in [-0.4, -0.2) is 7.11 Å². The predicted octanol–water partition coefficient (Wildman–Crippen LogP) is 3.76. The summed E-state index contributed by atoms with van der Waals surface area (Å²) in [7, 11) is 1.70. The molecule has 0 saturated heterocycles. The lowest BCUT2D eigenvalue weighted by molar-refractivity contribution is 0.421. The first-order valence-corrected chi connectivity index (χ1v) is 5.86. The summed E-state index contributed by atoms with van der Waals surface area (Å²) in [6.45, 7) is 2.15. The smallest absolute Gasteiger partial charge is 0.138 e. The van der Waals surface area contributed by atoms with E-state index in [0.29, 0.717) is 0 Å². The topological polar surface area (TPSA) is 9.23 Å². The number of hydrogen-bond acceptors (Lipinski definition) is 3. The summed E-state index contributed by atoms with van der Waals surface area (Å²) in [5, 5.41) is 3.17. The van der Waals surface area contributed by atoms with Gasteiger partial charge in [0.2, 0.25) is 0 Å². The first kappa shape index (κ1) is 9.87. The van der Waals surface area contributed by atoms with Crippen LogP contribution in [0.25, 0.3) is 10.1 Å². The third kappa shape index (κ3) is 1.51. The average Bonchev–Trinajstić information content (AvgIpc) is 2.61. The molecule has 0 radical (unpaired) electrons. The summed E-state index contributed by atoms with van der Waals surface area (Å²) >= 11 is 6.20. The molecule has 0 aliphatic rings. The minimum Gasteiger partial charge on any atom is -0.495 e. The van der Waals surface area contributed by atoms with E-state index in [1.165, 1.54) is 10.3 Å². The zero-order valence-electron chi connectivity index (χ0n) is 8.20. The molecule has 2 rings (SSSR count). The van der Waals surface area contributed by atoms with Crippen molar-refractivity contribution >= 4 is 34.1 Å². The molecule has 1 aromatic carbocycles. The van der Waals surface area contributed by atoms with Gasteiger partial charge in [-0.2, -0.15) is 0 Å². The van der Waals surface area contributed by atoms with E-state index in [-0.39, 0.29) is 0 Å². The molecule has 0 fully saturated rings. The second kappa shape index (κ2) is 3.83. The van der Waals surface area contributed by atoms with Crippen LogP contribution in [0.1, 0.15) is 12.5 Å². The van der Waals surface area contributed by atoms with Crippen LogP contribution in [0.15, 0.2) is 22.4 Å². The van der Waals surface area contributed by atoms with E-state index in [1.54, 1.807) is 18.4 Å². The molecule has 1 nitrogen and oxygen atoms in total. The monoisotopic (exact) mass is 224 g/mol. The van der Waals surface area contributed by atoms with Gasteiger partial charge < -0.3 is 4.74 Å². The van der Waals surface area contributed by atoms with Gasteiger partial charge in [-0.05, 0) is 24.1 Å². The summed E-state index contributed by atoms with van der Waals surface area (Å²) in [6.07, 6.45) is 1.05. The molecule has 1 aromatic heterocycles. The van der Waals surface area contributed by atoms with Crippen molar-refractivity contribution in [3.63, 3.8) is 0 Å². The van der Waals surface area contributed by atoms with Crippen molar-refractivity contribution in [3.8, 4) is 5.75 Å². The Balaban J connectivity index is 2.72. The largest absolute Gasteiger partial charge is 0.495 e. The minimum atomic E-state index is 0.928. The van der Waals surface area contributed by atoms with Gasteiger partial charge in [-0.25, -0.2) is 0 Å². The van der Waals surface area contributed by atoms with Crippen LogP contribution < -0.4 is 4.74 Å². The SMILES string of the molecule is CCc1cc(S)c2c(OC)csc2c1. The van der Waals surface area contributed by atoms with Crippen LogP contribution in [0.3, 0.4) is 0 Å². The summed E-state index contributed by atoms with van der Waals surface area (Å²) in [4.78, 5) is 1.01. The van der Waals surface area contributed by atoms with Gasteiger partial charge in [-0.15, -0.1) is 24.0 Å². The Morgan fingerprint density at radius 3 is 2.86 bits per heavy atom. The highest BCUT2D eigenvalue weighted by atomic mass is 32.1. The molecule has 0 unspecified atom stereocenters. The minimum absolute atomic E-state index is 0.928. The maximum atomic E-state index is 5.28. The molecular weight excluding hydrogens is 212 g/mol. The molecule has 0 aliphatic carbocycles. The van der Waals surface area contributed by atoms with Gasteiger partial charge in [-0.1, -0.05) is 6.92 Å². The van der Waals surface area contributed by atoms with Crippen molar-refractivity contribution in [2.75, 3.05) is 7.11 Å². The number of rotatable bonds is 2. The Morgan fingerprint density at radius 2 is 2.21 bits per heavy atom. The lowest BCUT2D eigenvalue weighted by atomic mass is 10.1. The second-order valence-electron chi connectivity index (χ2n) is 3.15. The standard InChI is InChI=1S/C11H12OS2/c1-3-7-4-9(13)11-8(12-2)6-14-10(11)5-7/h4-6,13H,3H2,1-2H3. The molecule has 14 heavy (non-hydrogen) atoms. The number of thiophene rings is 1. The van der Waals surface area contributed by atoms with Gasteiger partial charge in [0.1, 0.15) is 5.75 Å². The van der Waals surface area contributed by atoms with Crippen molar-refractivity contribution < 1.29 is 4.74 Å². The van der Waals surface area contributed by atoms with Crippen LogP contribution in [0, 0.1) is 0 Å². The molecule has 0 amide bonds. The Morgan fingerprint density at radius 1 is 1.43 bits per heavy atom. The zero-order valence-corrected chi connectivity index (χ0v) is 9.91. The number of hydrogen-bond donors (Lipinski definition) is 1. The third-order valence-electron chi connectivity index (χ3n) is 2.31. The van der Waals surface area contributed by atoms with Crippen molar-refractivity contribution in [2.45, 2.75) is 18.2 Å². The Kier molecular flexibility index (Phi) is 2.70. The molecule has 0 atom stereocenters. The van der Waals surface area contributed by atoms with Crippen LogP contribution >= 0.6 is 24.0 Å². The van der Waals surface area contributed by atoms with Gasteiger partial charge in [0, 0.05) is 20.4 Å². The number of ether oxygens (including phenoxy) is 1. The van der Waals surface area contributed by atoms with E-state index in [0.717, 1.165) is 22.5 Å². The quantitative estimate of drug-likeness (QED) is 0.764. The number of methoxy groups -OCH3 is 1. The Bertz CT molecular complexity index is 460. The fraction of sp³-hybridized carbons (Fsp3) is 0.273. The maximum absolute atomic E-state index is 5.28. The van der Waals surface area contributed by atoms with E-state index in [1.807, 2.05) is 5.38 Å². The van der Waals surface area contributed by atoms with Crippen LogP contribution in [-0.2, 0) is 6.42 Å². The number of aryl methyl sites for hydroxylation is 1. The van der Waals surface area contributed by atoms with Gasteiger partial charge in [0.15, 0.2) is 0 Å².